The van der Waals surface area contributed by atoms with Crippen LogP contribution in [0.25, 0.3) is 0 Å². The lowest BCUT2D eigenvalue weighted by Gasteiger charge is -2.31. The van der Waals surface area contributed by atoms with Crippen LogP contribution in [0.2, 0.25) is 0 Å². The molecule has 2 aromatic rings. The number of anilines is 1. The molecule has 0 saturated carbocycles. The first kappa shape index (κ1) is 22.4. The van der Waals surface area contributed by atoms with Crippen LogP contribution < -0.4 is 5.32 Å². The molecule has 2 amide bonds. The van der Waals surface area contributed by atoms with E-state index in [9.17, 15) is 18.0 Å². The fourth-order valence-electron chi connectivity index (χ4n) is 3.99. The fraction of sp³-hybridized carbons (Fsp3) is 0.391. The maximum absolute atomic E-state index is 12.8. The molecular formula is C23H28N4O4S. The molecule has 0 bridgehead atoms. The number of likely N-dealkylation sites (tertiary alicyclic amines) is 1. The van der Waals surface area contributed by atoms with Gasteiger partial charge in [0.25, 0.3) is 5.91 Å². The number of carbonyl (C=O) groups excluding carboxylic acids is 2. The molecule has 2 saturated heterocycles. The van der Waals surface area contributed by atoms with E-state index in [1.165, 1.54) is 16.4 Å². The van der Waals surface area contributed by atoms with E-state index in [2.05, 4.69) is 10.2 Å². The predicted octanol–water partition coefficient (Wildman–Crippen LogP) is 2.00. The molecule has 0 atom stereocenters. The van der Waals surface area contributed by atoms with E-state index in [-0.39, 0.29) is 16.7 Å². The maximum Gasteiger partial charge on any atom is 0.255 e. The highest BCUT2D eigenvalue weighted by atomic mass is 32.2. The maximum atomic E-state index is 12.8. The van der Waals surface area contributed by atoms with Crippen LogP contribution >= 0.6 is 0 Å². The number of hydrogen-bond donors (Lipinski definition) is 1. The molecule has 0 spiro atoms. The zero-order valence-electron chi connectivity index (χ0n) is 18.2. The van der Waals surface area contributed by atoms with E-state index in [1.807, 2.05) is 13.1 Å². The Kier molecular flexibility index (Phi) is 6.59. The van der Waals surface area contributed by atoms with Crippen molar-refractivity contribution < 1.29 is 18.0 Å². The summed E-state index contributed by atoms with van der Waals surface area (Å²) in [4.78, 5) is 28.7. The minimum Gasteiger partial charge on any atom is -0.338 e. The number of rotatable bonds is 6. The molecule has 170 valence electrons. The van der Waals surface area contributed by atoms with E-state index in [1.54, 1.807) is 35.2 Å². The second-order valence-corrected chi connectivity index (χ2v) is 10.2. The van der Waals surface area contributed by atoms with E-state index in [4.69, 9.17) is 0 Å². The average molecular weight is 457 g/mol. The van der Waals surface area contributed by atoms with Gasteiger partial charge in [0.1, 0.15) is 0 Å². The molecule has 2 heterocycles. The molecule has 2 fully saturated rings. The van der Waals surface area contributed by atoms with Crippen molar-refractivity contribution >= 4 is 27.5 Å². The van der Waals surface area contributed by atoms with Gasteiger partial charge in [-0.25, -0.2) is 8.42 Å². The molecule has 0 aromatic heterocycles. The second kappa shape index (κ2) is 9.40. The zero-order chi connectivity index (χ0) is 22.7. The summed E-state index contributed by atoms with van der Waals surface area (Å²) in [6.07, 6.45) is 1.46. The van der Waals surface area contributed by atoms with Crippen LogP contribution in [0.4, 0.5) is 5.69 Å². The summed E-state index contributed by atoms with van der Waals surface area (Å²) in [5.41, 5.74) is 1.91. The lowest BCUT2D eigenvalue weighted by Crippen LogP contribution is -2.46. The van der Waals surface area contributed by atoms with Gasteiger partial charge < -0.3 is 15.1 Å². The first-order valence-corrected chi connectivity index (χ1v) is 12.2. The lowest BCUT2D eigenvalue weighted by atomic mass is 10.1. The Morgan fingerprint density at radius 3 is 2.38 bits per heavy atom. The summed E-state index contributed by atoms with van der Waals surface area (Å²) >= 11 is 0. The molecule has 0 radical (unpaired) electrons. The first-order chi connectivity index (χ1) is 15.3. The molecule has 32 heavy (non-hydrogen) atoms. The average Bonchev–Trinajstić information content (AvgIpc) is 3.19. The van der Waals surface area contributed by atoms with Crippen LogP contribution in [0.5, 0.6) is 0 Å². The van der Waals surface area contributed by atoms with Crippen molar-refractivity contribution in [1.29, 1.82) is 0 Å². The van der Waals surface area contributed by atoms with Crippen LogP contribution in [-0.4, -0.2) is 74.1 Å². The molecule has 9 heteroatoms. The van der Waals surface area contributed by atoms with Gasteiger partial charge in [-0.15, -0.1) is 0 Å². The third kappa shape index (κ3) is 5.01. The highest BCUT2D eigenvalue weighted by Crippen LogP contribution is 2.21. The van der Waals surface area contributed by atoms with E-state index >= 15 is 0 Å². The van der Waals surface area contributed by atoms with E-state index in [0.717, 1.165) is 18.5 Å². The molecule has 4 rings (SSSR count). The van der Waals surface area contributed by atoms with Gasteiger partial charge in [-0.1, -0.05) is 12.1 Å². The van der Waals surface area contributed by atoms with Crippen molar-refractivity contribution in [2.45, 2.75) is 24.3 Å². The second-order valence-electron chi connectivity index (χ2n) is 8.31. The minimum absolute atomic E-state index is 0.145. The number of hydrogen-bond acceptors (Lipinski definition) is 5. The Morgan fingerprint density at radius 2 is 1.72 bits per heavy atom. The van der Waals surface area contributed by atoms with Crippen LogP contribution in [0, 0.1) is 0 Å². The summed E-state index contributed by atoms with van der Waals surface area (Å²) < 4.78 is 27.2. The lowest BCUT2D eigenvalue weighted by molar-refractivity contribution is -0.128. The van der Waals surface area contributed by atoms with Crippen LogP contribution in [-0.2, 0) is 21.4 Å². The van der Waals surface area contributed by atoms with Gasteiger partial charge in [-0.05, 0) is 55.4 Å². The first-order valence-electron chi connectivity index (χ1n) is 10.8. The van der Waals surface area contributed by atoms with Gasteiger partial charge in [0.15, 0.2) is 0 Å². The van der Waals surface area contributed by atoms with Gasteiger partial charge in [-0.3, -0.25) is 9.59 Å². The highest BCUT2D eigenvalue weighted by Gasteiger charge is 2.27. The van der Waals surface area contributed by atoms with Crippen LogP contribution in [0.1, 0.15) is 28.8 Å². The smallest absolute Gasteiger partial charge is 0.255 e. The van der Waals surface area contributed by atoms with Gasteiger partial charge in [0, 0.05) is 56.9 Å². The normalized spacial score (nSPS) is 18.2. The monoisotopic (exact) mass is 456 g/mol. The molecule has 8 nitrogen and oxygen atoms in total. The topological polar surface area (TPSA) is 90.0 Å². The molecular weight excluding hydrogens is 428 g/mol. The number of nitrogens with zero attached hydrogens (tertiary/aromatic N) is 3. The van der Waals surface area contributed by atoms with Crippen molar-refractivity contribution in [3.63, 3.8) is 0 Å². The number of nitrogens with one attached hydrogen (secondary N) is 1. The third-order valence-corrected chi connectivity index (χ3v) is 7.86. The zero-order valence-corrected chi connectivity index (χ0v) is 19.0. The summed E-state index contributed by atoms with van der Waals surface area (Å²) in [5, 5.41) is 2.82. The Morgan fingerprint density at radius 1 is 1.00 bits per heavy atom. The van der Waals surface area contributed by atoms with Gasteiger partial charge >= 0.3 is 0 Å². The van der Waals surface area contributed by atoms with Crippen molar-refractivity contribution in [2.75, 3.05) is 45.1 Å². The summed E-state index contributed by atoms with van der Waals surface area (Å²) in [6, 6.07) is 13.5. The molecule has 0 aliphatic carbocycles. The molecule has 0 unspecified atom stereocenters. The van der Waals surface area contributed by atoms with Crippen molar-refractivity contribution in [2.24, 2.45) is 0 Å². The Balaban J connectivity index is 1.41. The minimum atomic E-state index is -3.54. The predicted molar refractivity (Wildman–Crippen MR) is 122 cm³/mol. The van der Waals surface area contributed by atoms with Gasteiger partial charge in [-0.2, -0.15) is 4.31 Å². The number of amides is 2. The molecule has 2 aliphatic heterocycles. The van der Waals surface area contributed by atoms with Crippen molar-refractivity contribution in [1.82, 2.24) is 14.1 Å². The quantitative estimate of drug-likeness (QED) is 0.718. The number of benzene rings is 2. The Hall–Kier alpha value is -2.75. The number of sulfonamides is 1. The molecule has 2 aromatic carbocycles. The molecule has 2 aliphatic rings. The summed E-state index contributed by atoms with van der Waals surface area (Å²) in [6.45, 7) is 3.60. The van der Waals surface area contributed by atoms with Crippen molar-refractivity contribution in [3.05, 3.63) is 59.7 Å². The standard InChI is InChI=1S/C23H28N4O4S/c1-25-12-14-27(15-13-25)32(30,31)21-9-7-20(8-10-21)24-23(29)19-5-2-4-18(16-19)17-26-11-3-6-22(26)28/h2,4-5,7-10,16H,3,6,11-15,17H2,1H3,(H,24,29). The number of piperazine rings is 1. The van der Waals surface area contributed by atoms with Crippen LogP contribution in [0.15, 0.2) is 53.4 Å². The van der Waals surface area contributed by atoms with Gasteiger partial charge in [0.05, 0.1) is 4.90 Å². The van der Waals surface area contributed by atoms with E-state index < -0.39 is 10.0 Å². The Bertz CT molecular complexity index is 1090. The fourth-order valence-corrected chi connectivity index (χ4v) is 5.42. The van der Waals surface area contributed by atoms with Gasteiger partial charge in [0.2, 0.25) is 15.9 Å². The molecule has 1 N–H and O–H groups in total. The number of likely N-dealkylation sites (N-methyl/N-ethyl adjacent to an activating group) is 1. The highest BCUT2D eigenvalue weighted by molar-refractivity contribution is 7.89. The van der Waals surface area contributed by atoms with Crippen molar-refractivity contribution in [3.8, 4) is 0 Å². The third-order valence-electron chi connectivity index (χ3n) is 5.95. The largest absolute Gasteiger partial charge is 0.338 e. The summed E-state index contributed by atoms with van der Waals surface area (Å²) in [5.74, 6) is -0.138. The Labute approximate surface area is 188 Å². The van der Waals surface area contributed by atoms with Crippen LogP contribution in [0.3, 0.4) is 0 Å². The number of carbonyl (C=O) groups is 2. The SMILES string of the molecule is CN1CCN(S(=O)(=O)c2ccc(NC(=O)c3cccc(CN4CCCC4=O)c3)cc2)CC1. The summed E-state index contributed by atoms with van der Waals surface area (Å²) in [7, 11) is -1.57. The van der Waals surface area contributed by atoms with E-state index in [0.29, 0.717) is 50.4 Å².